The second-order valence-electron chi connectivity index (χ2n) is 11.2. The number of carbonyl (C=O) groups excluding carboxylic acids is 1. The highest BCUT2D eigenvalue weighted by Gasteiger charge is 2.36. The van der Waals surface area contributed by atoms with E-state index >= 15 is 0 Å². The molecule has 1 N–H and O–H groups in total. The molecule has 6 heteroatoms. The minimum atomic E-state index is -0.615. The van der Waals surface area contributed by atoms with E-state index in [4.69, 9.17) is 4.74 Å². The average Bonchev–Trinajstić information content (AvgIpc) is 2.85. The molecule has 202 valence electrons. The highest BCUT2D eigenvalue weighted by molar-refractivity contribution is 5.70. The predicted molar refractivity (Wildman–Crippen MR) is 146 cm³/mol. The van der Waals surface area contributed by atoms with Gasteiger partial charge in [-0.3, -0.25) is 0 Å². The molecule has 38 heavy (non-hydrogen) atoms. The quantitative estimate of drug-likeness (QED) is 0.368. The zero-order chi connectivity index (χ0) is 27.4. The molecule has 1 aliphatic rings. The number of hydrogen-bond acceptors (Lipinski definition) is 3. The fourth-order valence-electron chi connectivity index (χ4n) is 5.50. The molecular weight excluding hydrogens is 484 g/mol. The second kappa shape index (κ2) is 11.6. The molecule has 3 aromatic carbocycles. The Balaban J connectivity index is 1.71. The highest BCUT2D eigenvalue weighted by atomic mass is 19.1. The van der Waals surface area contributed by atoms with Crippen molar-refractivity contribution in [2.45, 2.75) is 64.4 Å². The highest BCUT2D eigenvalue weighted by Crippen LogP contribution is 2.42. The molecule has 0 radical (unpaired) electrons. The summed E-state index contributed by atoms with van der Waals surface area (Å²) in [5.41, 5.74) is 5.47. The first-order valence-electron chi connectivity index (χ1n) is 13.3. The zero-order valence-electron chi connectivity index (χ0n) is 22.6. The van der Waals surface area contributed by atoms with Crippen LogP contribution in [-0.2, 0) is 11.2 Å². The lowest BCUT2D eigenvalue weighted by Gasteiger charge is -2.40. The third kappa shape index (κ3) is 6.60. The van der Waals surface area contributed by atoms with Crippen molar-refractivity contribution in [3.63, 3.8) is 0 Å². The number of carbonyl (C=O) groups is 1. The van der Waals surface area contributed by atoms with Gasteiger partial charge < -0.3 is 14.7 Å². The lowest BCUT2D eigenvalue weighted by molar-refractivity contribution is 0.0183. The number of aliphatic hydroxyl groups excluding tert-OH is 1. The van der Waals surface area contributed by atoms with Crippen molar-refractivity contribution in [2.24, 2.45) is 0 Å². The third-order valence-electron chi connectivity index (χ3n) is 7.18. The van der Waals surface area contributed by atoms with Crippen LogP contribution in [0.1, 0.15) is 67.7 Å². The molecule has 2 atom stereocenters. The van der Waals surface area contributed by atoms with E-state index in [0.29, 0.717) is 31.5 Å². The Bertz CT molecular complexity index is 1260. The number of piperidine rings is 1. The van der Waals surface area contributed by atoms with Crippen molar-refractivity contribution in [1.82, 2.24) is 4.90 Å². The summed E-state index contributed by atoms with van der Waals surface area (Å²) in [5, 5.41) is 9.31. The van der Waals surface area contributed by atoms with Gasteiger partial charge in [-0.15, -0.1) is 0 Å². The van der Waals surface area contributed by atoms with Gasteiger partial charge >= 0.3 is 6.09 Å². The van der Waals surface area contributed by atoms with Gasteiger partial charge in [0.05, 0.1) is 0 Å². The van der Waals surface area contributed by atoms with Crippen LogP contribution in [0.25, 0.3) is 11.1 Å². The van der Waals surface area contributed by atoms with Crippen LogP contribution >= 0.6 is 0 Å². The number of hydrogen-bond donors (Lipinski definition) is 1. The van der Waals surface area contributed by atoms with Crippen LogP contribution in [0, 0.1) is 18.6 Å². The molecule has 0 spiro atoms. The molecule has 1 aliphatic heterocycles. The second-order valence-corrected chi connectivity index (χ2v) is 11.2. The molecular formula is C32H37F2NO3. The number of likely N-dealkylation sites (tertiary alicyclic amines) is 1. The van der Waals surface area contributed by atoms with Crippen molar-refractivity contribution in [3.05, 3.63) is 94.6 Å². The molecule has 0 bridgehead atoms. The van der Waals surface area contributed by atoms with Crippen molar-refractivity contribution in [3.8, 4) is 11.1 Å². The number of rotatable bonds is 6. The van der Waals surface area contributed by atoms with E-state index in [2.05, 4.69) is 30.3 Å². The summed E-state index contributed by atoms with van der Waals surface area (Å²) in [6.45, 7) is 8.55. The minimum absolute atomic E-state index is 0.143. The Kier molecular flexibility index (Phi) is 8.51. The van der Waals surface area contributed by atoms with E-state index in [1.165, 1.54) is 17.7 Å². The summed E-state index contributed by atoms with van der Waals surface area (Å²) in [5.74, 6) is -1.50. The molecule has 0 saturated carbocycles. The van der Waals surface area contributed by atoms with Crippen LogP contribution in [-0.4, -0.2) is 41.4 Å². The maximum absolute atomic E-state index is 14.2. The van der Waals surface area contributed by atoms with Crippen molar-refractivity contribution < 1.29 is 23.4 Å². The lowest BCUT2D eigenvalue weighted by Crippen LogP contribution is -2.44. The number of aliphatic hydroxyl groups is 1. The number of ether oxygens (including phenoxy) is 1. The smallest absolute Gasteiger partial charge is 0.410 e. The van der Waals surface area contributed by atoms with Gasteiger partial charge in [-0.2, -0.15) is 0 Å². The fraction of sp³-hybridized carbons (Fsp3) is 0.406. The van der Waals surface area contributed by atoms with Crippen LogP contribution in [0.15, 0.2) is 60.7 Å². The van der Waals surface area contributed by atoms with Crippen LogP contribution in [0.5, 0.6) is 0 Å². The SMILES string of the molecule is Cc1cc(-c2ccccc2CCCO)ccc1[C@@H]1CN(C(=O)OC(C)(C)C)CC[C@H]1c1cc(F)cc(F)c1. The Hall–Kier alpha value is -3.25. The van der Waals surface area contributed by atoms with Crippen molar-refractivity contribution in [1.29, 1.82) is 0 Å². The first-order chi connectivity index (χ1) is 18.1. The molecule has 1 amide bonds. The summed E-state index contributed by atoms with van der Waals surface area (Å²) >= 11 is 0. The number of amides is 1. The van der Waals surface area contributed by atoms with Crippen LogP contribution in [0.2, 0.25) is 0 Å². The van der Waals surface area contributed by atoms with Crippen LogP contribution < -0.4 is 0 Å². The van der Waals surface area contributed by atoms with E-state index in [-0.39, 0.29) is 24.5 Å². The Morgan fingerprint density at radius 1 is 1.03 bits per heavy atom. The minimum Gasteiger partial charge on any atom is -0.444 e. The molecule has 3 aromatic rings. The van der Waals surface area contributed by atoms with E-state index in [9.17, 15) is 18.7 Å². The number of nitrogens with zero attached hydrogens (tertiary/aromatic N) is 1. The van der Waals surface area contributed by atoms with Gasteiger partial charge in [0.1, 0.15) is 17.2 Å². The summed E-state index contributed by atoms with van der Waals surface area (Å²) in [4.78, 5) is 14.7. The van der Waals surface area contributed by atoms with E-state index in [1.54, 1.807) is 4.90 Å². The molecule has 0 unspecified atom stereocenters. The number of halogens is 2. The number of aryl methyl sites for hydroxylation is 2. The van der Waals surface area contributed by atoms with Crippen LogP contribution in [0.4, 0.5) is 13.6 Å². The van der Waals surface area contributed by atoms with Crippen molar-refractivity contribution in [2.75, 3.05) is 19.7 Å². The Morgan fingerprint density at radius 2 is 1.74 bits per heavy atom. The summed E-state index contributed by atoms with van der Waals surface area (Å²) in [6.07, 6.45) is 1.67. The maximum atomic E-state index is 14.2. The van der Waals surface area contributed by atoms with Gasteiger partial charge in [-0.05, 0) is 98.4 Å². The van der Waals surface area contributed by atoms with Gasteiger partial charge in [0, 0.05) is 31.7 Å². The summed E-state index contributed by atoms with van der Waals surface area (Å²) in [7, 11) is 0. The molecule has 0 aromatic heterocycles. The standard InChI is InChI=1S/C32H37F2NO3/c1-21-16-23(28-10-6-5-8-22(28)9-7-15-36)11-12-27(21)30-20-35(31(37)38-32(2,3)4)14-13-29(30)24-17-25(33)19-26(34)18-24/h5-6,8,10-12,16-19,29-30,36H,7,9,13-15,20H2,1-4H3/t29-,30-/m0/s1. The summed E-state index contributed by atoms with van der Waals surface area (Å²) < 4.78 is 34.1. The monoisotopic (exact) mass is 521 g/mol. The van der Waals surface area contributed by atoms with Crippen molar-refractivity contribution >= 4 is 6.09 Å². The van der Waals surface area contributed by atoms with Crippen LogP contribution in [0.3, 0.4) is 0 Å². The first kappa shape index (κ1) is 27.8. The van der Waals surface area contributed by atoms with Gasteiger partial charge in [-0.25, -0.2) is 13.6 Å². The third-order valence-corrected chi connectivity index (χ3v) is 7.18. The average molecular weight is 522 g/mol. The Labute approximate surface area is 224 Å². The molecule has 1 fully saturated rings. The Morgan fingerprint density at radius 3 is 2.39 bits per heavy atom. The topological polar surface area (TPSA) is 49.8 Å². The van der Waals surface area contributed by atoms with E-state index < -0.39 is 17.2 Å². The van der Waals surface area contributed by atoms with E-state index in [0.717, 1.165) is 34.7 Å². The zero-order valence-corrected chi connectivity index (χ0v) is 22.6. The van der Waals surface area contributed by atoms with Gasteiger partial charge in [-0.1, -0.05) is 42.5 Å². The predicted octanol–water partition coefficient (Wildman–Crippen LogP) is 7.37. The molecule has 1 saturated heterocycles. The molecule has 4 nitrogen and oxygen atoms in total. The number of benzene rings is 3. The molecule has 4 rings (SSSR count). The lowest BCUT2D eigenvalue weighted by atomic mass is 9.75. The largest absolute Gasteiger partial charge is 0.444 e. The maximum Gasteiger partial charge on any atom is 0.410 e. The normalized spacial score (nSPS) is 17.9. The van der Waals surface area contributed by atoms with Gasteiger partial charge in [0.2, 0.25) is 0 Å². The molecule has 0 aliphatic carbocycles. The van der Waals surface area contributed by atoms with Gasteiger partial charge in [0.25, 0.3) is 0 Å². The van der Waals surface area contributed by atoms with E-state index in [1.807, 2.05) is 39.8 Å². The fourth-order valence-corrected chi connectivity index (χ4v) is 5.50. The van der Waals surface area contributed by atoms with Gasteiger partial charge in [0.15, 0.2) is 0 Å². The summed E-state index contributed by atoms with van der Waals surface area (Å²) in [6, 6.07) is 18.2. The first-order valence-corrected chi connectivity index (χ1v) is 13.3. The molecule has 1 heterocycles.